The normalized spacial score (nSPS) is 10.7. The molecule has 0 aliphatic rings. The van der Waals surface area contributed by atoms with E-state index in [4.69, 9.17) is 0 Å². The van der Waals surface area contributed by atoms with Crippen molar-refractivity contribution in [3.8, 4) is 0 Å². The first kappa shape index (κ1) is 9.71. The molecule has 0 N–H and O–H groups in total. The van der Waals surface area contributed by atoms with Crippen molar-refractivity contribution in [1.82, 2.24) is 4.73 Å². The Morgan fingerprint density at radius 3 is 2.87 bits per heavy atom. The van der Waals surface area contributed by atoms with Crippen molar-refractivity contribution in [1.29, 1.82) is 0 Å². The number of nitrogens with zero attached hydrogens (tertiary/aromatic N) is 2. The van der Waals surface area contributed by atoms with Gasteiger partial charge in [-0.05, 0) is 12.5 Å². The van der Waals surface area contributed by atoms with E-state index in [-0.39, 0.29) is 0 Å². The molecule has 0 fully saturated rings. The number of fused-ring (bicyclic) bond motifs is 1. The fourth-order valence-electron chi connectivity index (χ4n) is 1.66. The monoisotopic (exact) mass is 204 g/mol. The highest BCUT2D eigenvalue weighted by Crippen LogP contribution is 2.11. The van der Waals surface area contributed by atoms with Gasteiger partial charge in [0.1, 0.15) is 5.52 Å². The lowest BCUT2D eigenvalue weighted by Crippen LogP contribution is -2.20. The van der Waals surface area contributed by atoms with Crippen molar-refractivity contribution in [3.63, 3.8) is 0 Å². The van der Waals surface area contributed by atoms with Crippen LogP contribution in [0.5, 0.6) is 0 Å². The van der Waals surface area contributed by atoms with Gasteiger partial charge in [-0.25, -0.2) is 0 Å². The summed E-state index contributed by atoms with van der Waals surface area (Å²) < 4.78 is 1.60. The van der Waals surface area contributed by atoms with E-state index in [2.05, 4.69) is 0 Å². The number of para-hydroxylation sites is 2. The topological polar surface area (TPSA) is 51.0 Å². The molecule has 78 valence electrons. The fourth-order valence-corrected chi connectivity index (χ4v) is 1.66. The Balaban J connectivity index is 2.79. The Labute approximate surface area is 87.0 Å². The second-order valence-electron chi connectivity index (χ2n) is 3.48. The van der Waals surface area contributed by atoms with Crippen molar-refractivity contribution < 1.29 is 4.43 Å². The van der Waals surface area contributed by atoms with Gasteiger partial charge in [0.2, 0.25) is 6.20 Å². The summed E-state index contributed by atoms with van der Waals surface area (Å²) in [6.07, 6.45) is 2.83. The number of hydrogen-bond acceptors (Lipinski definition) is 2. The van der Waals surface area contributed by atoms with Crippen LogP contribution in [0.3, 0.4) is 0 Å². The van der Waals surface area contributed by atoms with Gasteiger partial charge in [0.15, 0.2) is 0 Å². The molecule has 0 bridgehead atoms. The lowest BCUT2D eigenvalue weighted by molar-refractivity contribution is -0.465. The largest absolute Gasteiger partial charge is 0.805 e. The molecule has 4 heteroatoms. The van der Waals surface area contributed by atoms with Crippen LogP contribution in [0.15, 0.2) is 30.5 Å². The molecule has 0 aliphatic heterocycles. The molecule has 0 saturated heterocycles. The summed E-state index contributed by atoms with van der Waals surface area (Å²) in [4.78, 5) is 11.6. The highest BCUT2D eigenvalue weighted by Gasteiger charge is 2.09. The molecule has 1 aromatic heterocycles. The van der Waals surface area contributed by atoms with Gasteiger partial charge in [-0.2, -0.15) is 0 Å². The lowest BCUT2D eigenvalue weighted by Gasteiger charge is -2.15. The van der Waals surface area contributed by atoms with Crippen LogP contribution < -0.4 is 4.43 Å². The molecular weight excluding hydrogens is 192 g/mol. The molecule has 2 aromatic rings. The van der Waals surface area contributed by atoms with Crippen LogP contribution in [0.25, 0.3) is 11.0 Å². The van der Waals surface area contributed by atoms with E-state index in [1.54, 1.807) is 24.3 Å². The highest BCUT2D eigenvalue weighted by atomic mass is 16.5. The SMILES string of the molecule is CCCc1c[n+](=O)c2ccccc2n1[O-]. The van der Waals surface area contributed by atoms with Crippen LogP contribution in [-0.2, 0) is 6.42 Å². The van der Waals surface area contributed by atoms with Gasteiger partial charge in [0.05, 0.1) is 10.1 Å². The molecule has 4 nitrogen and oxygen atoms in total. The first-order valence-corrected chi connectivity index (χ1v) is 4.97. The van der Waals surface area contributed by atoms with Crippen molar-refractivity contribution in [2.45, 2.75) is 19.8 Å². The Bertz CT molecular complexity index is 546. The van der Waals surface area contributed by atoms with E-state index in [1.165, 1.54) is 6.20 Å². The maximum absolute atomic E-state index is 11.8. The number of benzene rings is 1. The van der Waals surface area contributed by atoms with E-state index in [0.29, 0.717) is 23.1 Å². The van der Waals surface area contributed by atoms with Crippen LogP contribution in [-0.4, -0.2) is 4.73 Å². The maximum atomic E-state index is 11.8. The van der Waals surface area contributed by atoms with E-state index >= 15 is 0 Å². The van der Waals surface area contributed by atoms with Crippen LogP contribution in [0, 0.1) is 10.1 Å². The molecule has 0 atom stereocenters. The van der Waals surface area contributed by atoms with Gasteiger partial charge in [0.25, 0.3) is 5.52 Å². The summed E-state index contributed by atoms with van der Waals surface area (Å²) in [5, 5.41) is 11.8. The minimum atomic E-state index is 0.410. The molecule has 0 aliphatic carbocycles. The van der Waals surface area contributed by atoms with Gasteiger partial charge < -0.3 is 9.94 Å². The highest BCUT2D eigenvalue weighted by molar-refractivity contribution is 5.71. The molecule has 0 unspecified atom stereocenters. The third-order valence-electron chi connectivity index (χ3n) is 2.37. The van der Waals surface area contributed by atoms with Crippen molar-refractivity contribution >= 4 is 11.0 Å². The first-order chi connectivity index (χ1) is 7.24. The molecule has 0 amide bonds. The number of aromatic nitrogens is 2. The molecule has 15 heavy (non-hydrogen) atoms. The molecule has 0 saturated carbocycles. The molecule has 0 radical (unpaired) electrons. The Kier molecular flexibility index (Phi) is 2.41. The van der Waals surface area contributed by atoms with Gasteiger partial charge in [-0.15, -0.1) is 0 Å². The minimum Gasteiger partial charge on any atom is -0.805 e. The lowest BCUT2D eigenvalue weighted by atomic mass is 10.2. The van der Waals surface area contributed by atoms with E-state index in [0.717, 1.165) is 15.6 Å². The van der Waals surface area contributed by atoms with E-state index in [1.807, 2.05) is 6.92 Å². The average Bonchev–Trinajstić information content (AvgIpc) is 2.26. The Morgan fingerprint density at radius 1 is 1.40 bits per heavy atom. The van der Waals surface area contributed by atoms with Gasteiger partial charge in [-0.3, -0.25) is 0 Å². The predicted molar refractivity (Wildman–Crippen MR) is 58.1 cm³/mol. The van der Waals surface area contributed by atoms with Crippen LogP contribution >= 0.6 is 0 Å². The van der Waals surface area contributed by atoms with Crippen molar-refractivity contribution in [2.24, 2.45) is 0 Å². The first-order valence-electron chi connectivity index (χ1n) is 4.97. The molecule has 2 rings (SSSR count). The van der Waals surface area contributed by atoms with Gasteiger partial charge in [0, 0.05) is 11.0 Å². The summed E-state index contributed by atoms with van der Waals surface area (Å²) in [6, 6.07) is 6.81. The van der Waals surface area contributed by atoms with Crippen LogP contribution in [0.1, 0.15) is 19.0 Å². The van der Waals surface area contributed by atoms with Crippen molar-refractivity contribution in [2.75, 3.05) is 0 Å². The Hall–Kier alpha value is -1.84. The summed E-state index contributed by atoms with van der Waals surface area (Å²) in [5.41, 5.74) is 1.36. The average molecular weight is 204 g/mol. The minimum absolute atomic E-state index is 0.410. The zero-order valence-electron chi connectivity index (χ0n) is 8.51. The molecular formula is C11H12N2O2. The number of aryl methyl sites for hydroxylation is 1. The molecule has 0 spiro atoms. The number of hydrogen-bond donors (Lipinski definition) is 0. The van der Waals surface area contributed by atoms with E-state index in [9.17, 15) is 10.1 Å². The summed E-state index contributed by atoms with van der Waals surface area (Å²) in [6.45, 7) is 1.98. The van der Waals surface area contributed by atoms with Crippen LogP contribution in [0.4, 0.5) is 0 Å². The smallest absolute Gasteiger partial charge is 0.285 e. The summed E-state index contributed by atoms with van der Waals surface area (Å²) in [7, 11) is 0. The zero-order chi connectivity index (χ0) is 10.8. The van der Waals surface area contributed by atoms with Gasteiger partial charge >= 0.3 is 0 Å². The van der Waals surface area contributed by atoms with Crippen LogP contribution in [0.2, 0.25) is 0 Å². The standard InChI is InChI=1S/C11H12N2O2/c1-2-5-9-8-12(14)10-6-3-4-7-11(10)13(9)15/h3-4,6-8H,2,5H2,1H3. The van der Waals surface area contributed by atoms with Gasteiger partial charge in [-0.1, -0.05) is 25.5 Å². The zero-order valence-corrected chi connectivity index (χ0v) is 8.51. The summed E-state index contributed by atoms with van der Waals surface area (Å²) >= 11 is 0. The second kappa shape index (κ2) is 3.73. The molecule has 1 aromatic carbocycles. The van der Waals surface area contributed by atoms with E-state index < -0.39 is 0 Å². The molecule has 1 heterocycles. The van der Waals surface area contributed by atoms with Crippen molar-refractivity contribution in [3.05, 3.63) is 46.3 Å². The summed E-state index contributed by atoms with van der Waals surface area (Å²) in [5.74, 6) is 0. The predicted octanol–water partition coefficient (Wildman–Crippen LogP) is 1.85. The second-order valence-corrected chi connectivity index (χ2v) is 3.48. The maximum Gasteiger partial charge on any atom is 0.285 e. The third-order valence-corrected chi connectivity index (χ3v) is 2.37. The quantitative estimate of drug-likeness (QED) is 0.701. The fraction of sp³-hybridized carbons (Fsp3) is 0.273. The third kappa shape index (κ3) is 1.58. The number of rotatable bonds is 2. The Morgan fingerprint density at radius 2 is 2.13 bits per heavy atom.